The Morgan fingerprint density at radius 1 is 1.22 bits per heavy atom. The predicted molar refractivity (Wildman–Crippen MR) is 95.6 cm³/mol. The number of carbonyl (C=O) groups excluding carboxylic acids is 1. The Balaban J connectivity index is 2.02. The first-order valence-electron chi connectivity index (χ1n) is 7.86. The summed E-state index contributed by atoms with van der Waals surface area (Å²) in [6.07, 6.45) is 8.20. The van der Waals surface area contributed by atoms with Crippen molar-refractivity contribution < 1.29 is 13.9 Å². The summed E-state index contributed by atoms with van der Waals surface area (Å²) in [5, 5.41) is 0. The normalized spacial score (nSPS) is 14.0. The van der Waals surface area contributed by atoms with Crippen LogP contribution in [0.1, 0.15) is 48.2 Å². The summed E-state index contributed by atoms with van der Waals surface area (Å²) in [5.74, 6) is -0.745. The Morgan fingerprint density at radius 3 is 2.39 bits per heavy atom. The Morgan fingerprint density at radius 2 is 1.83 bits per heavy atom. The second-order valence-electron chi connectivity index (χ2n) is 6.16. The van der Waals surface area contributed by atoms with Crippen LogP contribution >= 0.6 is 22.6 Å². The summed E-state index contributed by atoms with van der Waals surface area (Å²) in [6.45, 7) is 3.60. The lowest BCUT2D eigenvalue weighted by molar-refractivity contribution is 0.0376. The number of esters is 1. The molecule has 0 amide bonds. The lowest BCUT2D eigenvalue weighted by atomic mass is 9.96. The van der Waals surface area contributed by atoms with Crippen LogP contribution in [0.2, 0.25) is 0 Å². The summed E-state index contributed by atoms with van der Waals surface area (Å²) in [7, 11) is 0. The van der Waals surface area contributed by atoms with E-state index in [1.165, 1.54) is 30.0 Å². The number of halogens is 2. The molecule has 5 heteroatoms. The fourth-order valence-corrected chi connectivity index (χ4v) is 3.58. The van der Waals surface area contributed by atoms with E-state index in [0.717, 1.165) is 12.8 Å². The molecule has 1 aromatic carbocycles. The van der Waals surface area contributed by atoms with Crippen LogP contribution in [0, 0.1) is 9.39 Å². The third-order valence-electron chi connectivity index (χ3n) is 4.02. The smallest absolute Gasteiger partial charge is 0.339 e. The van der Waals surface area contributed by atoms with Gasteiger partial charge in [0, 0.05) is 16.0 Å². The third kappa shape index (κ3) is 3.44. The Hall–Kier alpha value is -1.37. The molecule has 0 spiro atoms. The van der Waals surface area contributed by atoms with Crippen molar-refractivity contribution in [3.05, 3.63) is 50.6 Å². The van der Waals surface area contributed by atoms with Gasteiger partial charge in [-0.3, -0.25) is 0 Å². The van der Waals surface area contributed by atoms with Crippen molar-refractivity contribution in [2.75, 3.05) is 0 Å². The monoisotopic (exact) mass is 427 g/mol. The highest BCUT2D eigenvalue weighted by Gasteiger charge is 2.19. The minimum Gasteiger partial charge on any atom is -0.459 e. The minimum absolute atomic E-state index is 0.203. The fraction of sp³-hybridized carbons (Fsp3) is 0.389. The van der Waals surface area contributed by atoms with Gasteiger partial charge in [0.25, 0.3) is 0 Å². The molecular weight excluding hydrogens is 408 g/mol. The number of nitrogens with zero attached hydrogens (tertiary/aromatic N) is 1. The lowest BCUT2D eigenvalue weighted by Gasteiger charge is -2.12. The van der Waals surface area contributed by atoms with Gasteiger partial charge in [0.2, 0.25) is 0 Å². The van der Waals surface area contributed by atoms with Crippen LogP contribution in [0.25, 0.3) is 5.69 Å². The number of hydrogen-bond donors (Lipinski definition) is 0. The van der Waals surface area contributed by atoms with Gasteiger partial charge in [-0.2, -0.15) is 0 Å². The average Bonchev–Trinajstić information content (AvgIpc) is 2.89. The average molecular weight is 427 g/mol. The molecule has 0 aliphatic heterocycles. The predicted octanol–water partition coefficient (Wildman–Crippen LogP) is 4.67. The first-order chi connectivity index (χ1) is 11.0. The first-order valence-corrected chi connectivity index (χ1v) is 8.93. The van der Waals surface area contributed by atoms with Crippen LogP contribution in [0.15, 0.2) is 24.5 Å². The molecule has 0 radical (unpaired) electrons. The number of ether oxygens (including phenoxy) is 1. The molecule has 1 heterocycles. The summed E-state index contributed by atoms with van der Waals surface area (Å²) >= 11 is 1.97. The molecule has 23 heavy (non-hydrogen) atoms. The summed E-state index contributed by atoms with van der Waals surface area (Å²) in [5.41, 5.74) is 3.36. The van der Waals surface area contributed by atoms with Crippen molar-refractivity contribution in [1.82, 2.24) is 4.57 Å². The van der Waals surface area contributed by atoms with Gasteiger partial charge in [0.05, 0.1) is 17.4 Å². The number of aryl methyl sites for hydroxylation is 2. The van der Waals surface area contributed by atoms with E-state index in [0.29, 0.717) is 14.8 Å². The van der Waals surface area contributed by atoms with E-state index in [4.69, 9.17) is 4.74 Å². The number of fused-ring (bicyclic) bond motifs is 1. The highest BCUT2D eigenvalue weighted by molar-refractivity contribution is 14.1. The zero-order chi connectivity index (χ0) is 16.6. The molecule has 1 aliphatic rings. The fourth-order valence-electron chi connectivity index (χ4n) is 2.93. The summed E-state index contributed by atoms with van der Waals surface area (Å²) in [6, 6.07) is 2.99. The molecule has 0 saturated carbocycles. The maximum atomic E-state index is 14.4. The van der Waals surface area contributed by atoms with Gasteiger partial charge in [0.15, 0.2) is 0 Å². The molecule has 122 valence electrons. The van der Waals surface area contributed by atoms with Crippen molar-refractivity contribution in [3.63, 3.8) is 0 Å². The van der Waals surface area contributed by atoms with E-state index in [-0.39, 0.29) is 11.9 Å². The zero-order valence-electron chi connectivity index (χ0n) is 13.2. The topological polar surface area (TPSA) is 31.2 Å². The Kier molecular flexibility index (Phi) is 4.75. The van der Waals surface area contributed by atoms with E-state index < -0.39 is 5.97 Å². The van der Waals surface area contributed by atoms with Gasteiger partial charge in [0.1, 0.15) is 5.82 Å². The van der Waals surface area contributed by atoms with Gasteiger partial charge in [-0.15, -0.1) is 0 Å². The van der Waals surface area contributed by atoms with Gasteiger partial charge < -0.3 is 9.30 Å². The second kappa shape index (κ2) is 6.63. The molecule has 0 saturated heterocycles. The van der Waals surface area contributed by atoms with Crippen LogP contribution in [-0.2, 0) is 17.6 Å². The molecule has 1 aromatic heterocycles. The van der Waals surface area contributed by atoms with Crippen LogP contribution in [-0.4, -0.2) is 16.6 Å². The number of hydrogen-bond acceptors (Lipinski definition) is 2. The first kappa shape index (κ1) is 16.5. The van der Waals surface area contributed by atoms with Crippen LogP contribution in [0.5, 0.6) is 0 Å². The Labute approximate surface area is 149 Å². The highest BCUT2D eigenvalue weighted by atomic mass is 127. The molecule has 0 fully saturated rings. The molecule has 0 atom stereocenters. The number of rotatable bonds is 3. The number of benzene rings is 1. The van der Waals surface area contributed by atoms with E-state index in [9.17, 15) is 9.18 Å². The van der Waals surface area contributed by atoms with E-state index in [2.05, 4.69) is 0 Å². The standard InChI is InChI=1S/C18H19FINO2/c1-11(2)23-18(22)14-7-17(15(19)8-16(14)20)21-9-12-5-3-4-6-13(12)10-21/h7-11H,3-6H2,1-2H3. The van der Waals surface area contributed by atoms with Gasteiger partial charge in [-0.05, 0) is 85.4 Å². The highest BCUT2D eigenvalue weighted by Crippen LogP contribution is 2.27. The van der Waals surface area contributed by atoms with Crippen molar-refractivity contribution in [1.29, 1.82) is 0 Å². The molecule has 0 N–H and O–H groups in total. The molecule has 3 nitrogen and oxygen atoms in total. The summed E-state index contributed by atoms with van der Waals surface area (Å²) < 4.78 is 22.0. The van der Waals surface area contributed by atoms with Crippen LogP contribution < -0.4 is 0 Å². The van der Waals surface area contributed by atoms with Gasteiger partial charge in [-0.25, -0.2) is 9.18 Å². The van der Waals surface area contributed by atoms with E-state index in [1.54, 1.807) is 24.5 Å². The van der Waals surface area contributed by atoms with Crippen LogP contribution in [0.3, 0.4) is 0 Å². The molecule has 2 aromatic rings. The van der Waals surface area contributed by atoms with E-state index >= 15 is 0 Å². The van der Waals surface area contributed by atoms with Gasteiger partial charge in [-0.1, -0.05) is 0 Å². The maximum absolute atomic E-state index is 14.4. The molecular formula is C18H19FINO2. The number of aromatic nitrogens is 1. The quantitative estimate of drug-likeness (QED) is 0.527. The minimum atomic E-state index is -0.414. The third-order valence-corrected chi connectivity index (χ3v) is 4.91. The molecule has 1 aliphatic carbocycles. The largest absolute Gasteiger partial charge is 0.459 e. The second-order valence-corrected chi connectivity index (χ2v) is 7.32. The van der Waals surface area contributed by atoms with Gasteiger partial charge >= 0.3 is 5.97 Å². The summed E-state index contributed by atoms with van der Waals surface area (Å²) in [4.78, 5) is 12.2. The molecule has 3 rings (SSSR count). The molecule has 0 bridgehead atoms. The zero-order valence-corrected chi connectivity index (χ0v) is 15.4. The lowest BCUT2D eigenvalue weighted by Crippen LogP contribution is -2.14. The SMILES string of the molecule is CC(C)OC(=O)c1cc(-n2cc3c(c2)CCCC3)c(F)cc1I. The van der Waals surface area contributed by atoms with Crippen molar-refractivity contribution >= 4 is 28.6 Å². The van der Waals surface area contributed by atoms with Crippen LogP contribution in [0.4, 0.5) is 4.39 Å². The van der Waals surface area contributed by atoms with Crippen molar-refractivity contribution in [2.24, 2.45) is 0 Å². The molecule has 0 unspecified atom stereocenters. The van der Waals surface area contributed by atoms with E-state index in [1.807, 2.05) is 35.0 Å². The Bertz CT molecular complexity index is 728. The van der Waals surface area contributed by atoms with Crippen molar-refractivity contribution in [2.45, 2.75) is 45.6 Å². The van der Waals surface area contributed by atoms with Crippen molar-refractivity contribution in [3.8, 4) is 5.69 Å². The number of carbonyl (C=O) groups is 1. The maximum Gasteiger partial charge on any atom is 0.339 e.